The smallest absolute Gasteiger partial charge is 0.120 e. The number of aliphatic hydroxyl groups is 1. The molecule has 1 aromatic carbocycles. The Balaban J connectivity index is 2.53. The Bertz CT molecular complexity index is 382. The van der Waals surface area contributed by atoms with Gasteiger partial charge in [0.2, 0.25) is 0 Å². The van der Waals surface area contributed by atoms with Crippen molar-refractivity contribution in [2.45, 2.75) is 19.1 Å². The molecule has 0 fully saturated rings. The molecule has 0 saturated carbocycles. The van der Waals surface area contributed by atoms with E-state index < -0.39 is 5.60 Å². The van der Waals surface area contributed by atoms with Crippen LogP contribution in [0, 0.1) is 0 Å². The molecule has 0 amide bonds. The van der Waals surface area contributed by atoms with E-state index in [4.69, 9.17) is 4.74 Å². The van der Waals surface area contributed by atoms with Crippen molar-refractivity contribution in [3.05, 3.63) is 23.8 Å². The third kappa shape index (κ3) is 4.76. The summed E-state index contributed by atoms with van der Waals surface area (Å²) in [6.07, 6.45) is 1.96. The van der Waals surface area contributed by atoms with Crippen LogP contribution in [0.25, 0.3) is 0 Å². The number of phenols is 1. The van der Waals surface area contributed by atoms with E-state index in [0.717, 1.165) is 5.56 Å². The molecule has 0 aliphatic heterocycles. The molecule has 4 nitrogen and oxygen atoms in total. The van der Waals surface area contributed by atoms with E-state index in [1.165, 1.54) is 0 Å². The Hall–Kier alpha value is -0.910. The monoisotopic (exact) mass is 271 g/mol. The van der Waals surface area contributed by atoms with Gasteiger partial charge in [0, 0.05) is 24.4 Å². The largest absolute Gasteiger partial charge is 0.508 e. The van der Waals surface area contributed by atoms with Gasteiger partial charge < -0.3 is 20.3 Å². The van der Waals surface area contributed by atoms with Crippen LogP contribution in [0.15, 0.2) is 18.2 Å². The second-order valence-electron chi connectivity index (χ2n) is 4.53. The zero-order valence-electron chi connectivity index (χ0n) is 11.1. The number of thioether (sulfide) groups is 1. The predicted molar refractivity (Wildman–Crippen MR) is 75.4 cm³/mol. The van der Waals surface area contributed by atoms with Gasteiger partial charge in [-0.2, -0.15) is 11.8 Å². The van der Waals surface area contributed by atoms with Gasteiger partial charge in [-0.25, -0.2) is 0 Å². The number of benzene rings is 1. The molecule has 102 valence electrons. The third-order valence-corrected chi connectivity index (χ3v) is 3.47. The van der Waals surface area contributed by atoms with E-state index >= 15 is 0 Å². The molecule has 18 heavy (non-hydrogen) atoms. The lowest BCUT2D eigenvalue weighted by atomic mass is 10.1. The predicted octanol–water partition coefficient (Wildman–Crippen LogP) is 1.60. The first-order valence-corrected chi connectivity index (χ1v) is 7.16. The van der Waals surface area contributed by atoms with Gasteiger partial charge in [-0.05, 0) is 31.4 Å². The first-order chi connectivity index (χ1) is 8.48. The van der Waals surface area contributed by atoms with Crippen molar-refractivity contribution in [1.82, 2.24) is 5.32 Å². The van der Waals surface area contributed by atoms with Crippen molar-refractivity contribution in [3.63, 3.8) is 0 Å². The summed E-state index contributed by atoms with van der Waals surface area (Å²) >= 11 is 1.60. The molecule has 0 aliphatic rings. The summed E-state index contributed by atoms with van der Waals surface area (Å²) in [7, 11) is 1.59. The average Bonchev–Trinajstić information content (AvgIpc) is 2.31. The summed E-state index contributed by atoms with van der Waals surface area (Å²) in [6, 6.07) is 5.10. The molecular weight excluding hydrogens is 250 g/mol. The van der Waals surface area contributed by atoms with Crippen LogP contribution in [0.1, 0.15) is 12.5 Å². The molecule has 0 radical (unpaired) electrons. The fourth-order valence-electron chi connectivity index (χ4n) is 1.66. The number of phenolic OH excluding ortho intramolecular Hbond substituents is 1. The zero-order valence-corrected chi connectivity index (χ0v) is 11.9. The number of aromatic hydroxyl groups is 1. The number of methoxy groups -OCH3 is 1. The van der Waals surface area contributed by atoms with Crippen molar-refractivity contribution in [2.24, 2.45) is 0 Å². The van der Waals surface area contributed by atoms with Gasteiger partial charge in [-0.1, -0.05) is 0 Å². The first-order valence-electron chi connectivity index (χ1n) is 5.76. The highest BCUT2D eigenvalue weighted by Crippen LogP contribution is 2.22. The number of hydrogen-bond acceptors (Lipinski definition) is 5. The summed E-state index contributed by atoms with van der Waals surface area (Å²) in [6.45, 7) is 2.76. The Morgan fingerprint density at radius 1 is 1.44 bits per heavy atom. The maximum atomic E-state index is 9.99. The van der Waals surface area contributed by atoms with Crippen LogP contribution in [0.4, 0.5) is 0 Å². The van der Waals surface area contributed by atoms with Gasteiger partial charge in [0.05, 0.1) is 12.7 Å². The number of rotatable bonds is 7. The van der Waals surface area contributed by atoms with Crippen LogP contribution in [0.2, 0.25) is 0 Å². The summed E-state index contributed by atoms with van der Waals surface area (Å²) < 4.78 is 5.10. The molecule has 1 unspecified atom stereocenters. The highest BCUT2D eigenvalue weighted by molar-refractivity contribution is 7.98. The van der Waals surface area contributed by atoms with Gasteiger partial charge in [0.15, 0.2) is 0 Å². The Kier molecular flexibility index (Phi) is 5.78. The second kappa shape index (κ2) is 6.87. The number of nitrogens with one attached hydrogen (secondary N) is 1. The Morgan fingerprint density at radius 2 is 2.17 bits per heavy atom. The molecule has 1 rings (SSSR count). The summed E-state index contributed by atoms with van der Waals surface area (Å²) in [5, 5.41) is 22.8. The van der Waals surface area contributed by atoms with Gasteiger partial charge in [-0.15, -0.1) is 0 Å². The van der Waals surface area contributed by atoms with Crippen LogP contribution >= 0.6 is 11.8 Å². The van der Waals surface area contributed by atoms with Crippen LogP contribution in [-0.4, -0.2) is 41.5 Å². The van der Waals surface area contributed by atoms with E-state index in [-0.39, 0.29) is 5.75 Å². The number of ether oxygens (including phenoxy) is 1. The molecular formula is C13H21NO3S. The molecule has 0 aliphatic carbocycles. The zero-order chi connectivity index (χ0) is 13.6. The van der Waals surface area contributed by atoms with E-state index in [9.17, 15) is 10.2 Å². The molecule has 0 spiro atoms. The van der Waals surface area contributed by atoms with Gasteiger partial charge in [-0.3, -0.25) is 0 Å². The summed E-state index contributed by atoms with van der Waals surface area (Å²) in [5.41, 5.74) is 0.0165. The molecule has 3 N–H and O–H groups in total. The van der Waals surface area contributed by atoms with Crippen LogP contribution in [0.5, 0.6) is 11.5 Å². The van der Waals surface area contributed by atoms with E-state index in [1.54, 1.807) is 44.0 Å². The normalized spacial score (nSPS) is 14.2. The van der Waals surface area contributed by atoms with E-state index in [0.29, 0.717) is 24.6 Å². The van der Waals surface area contributed by atoms with Gasteiger partial charge in [0.25, 0.3) is 0 Å². The maximum absolute atomic E-state index is 9.99. The van der Waals surface area contributed by atoms with E-state index in [2.05, 4.69) is 5.32 Å². The maximum Gasteiger partial charge on any atom is 0.120 e. The summed E-state index contributed by atoms with van der Waals surface area (Å²) in [5.74, 6) is 1.61. The fourth-order valence-corrected chi connectivity index (χ4v) is 2.38. The molecule has 0 aromatic heterocycles. The van der Waals surface area contributed by atoms with Crippen LogP contribution in [0.3, 0.4) is 0 Å². The third-order valence-electron chi connectivity index (χ3n) is 2.56. The van der Waals surface area contributed by atoms with Gasteiger partial charge in [0.1, 0.15) is 11.5 Å². The standard InChI is InChI=1S/C13H21NO3S/c1-13(16,9-18-3)8-14-7-10-6-11(17-2)4-5-12(10)15/h4-6,14-16H,7-9H2,1-3H3. The van der Waals surface area contributed by atoms with Crippen molar-refractivity contribution in [3.8, 4) is 11.5 Å². The Morgan fingerprint density at radius 3 is 2.78 bits per heavy atom. The molecule has 5 heteroatoms. The molecule has 0 saturated heterocycles. The minimum atomic E-state index is -0.742. The van der Waals surface area contributed by atoms with E-state index in [1.807, 2.05) is 6.26 Å². The van der Waals surface area contributed by atoms with Crippen molar-refractivity contribution in [2.75, 3.05) is 25.7 Å². The quantitative estimate of drug-likeness (QED) is 0.703. The SMILES string of the molecule is COc1ccc(O)c(CNCC(C)(O)CSC)c1. The second-order valence-corrected chi connectivity index (χ2v) is 5.39. The first kappa shape index (κ1) is 15.1. The lowest BCUT2D eigenvalue weighted by molar-refractivity contribution is 0.0845. The minimum Gasteiger partial charge on any atom is -0.508 e. The van der Waals surface area contributed by atoms with Crippen LogP contribution in [-0.2, 0) is 6.54 Å². The minimum absolute atomic E-state index is 0.229. The molecule has 1 atom stereocenters. The van der Waals surface area contributed by atoms with Crippen molar-refractivity contribution >= 4 is 11.8 Å². The topological polar surface area (TPSA) is 61.7 Å². The lowest BCUT2D eigenvalue weighted by Crippen LogP contribution is -2.39. The number of hydrogen-bond donors (Lipinski definition) is 3. The molecule has 0 heterocycles. The molecule has 0 bridgehead atoms. The average molecular weight is 271 g/mol. The fraction of sp³-hybridized carbons (Fsp3) is 0.538. The highest BCUT2D eigenvalue weighted by Gasteiger charge is 2.18. The Labute approximate surface area is 112 Å². The van der Waals surface area contributed by atoms with Crippen molar-refractivity contribution < 1.29 is 14.9 Å². The highest BCUT2D eigenvalue weighted by atomic mass is 32.2. The molecule has 1 aromatic rings. The van der Waals surface area contributed by atoms with Crippen LogP contribution < -0.4 is 10.1 Å². The van der Waals surface area contributed by atoms with Gasteiger partial charge >= 0.3 is 0 Å². The van der Waals surface area contributed by atoms with Crippen molar-refractivity contribution in [1.29, 1.82) is 0 Å². The summed E-state index contributed by atoms with van der Waals surface area (Å²) in [4.78, 5) is 0. The lowest BCUT2D eigenvalue weighted by Gasteiger charge is -2.22.